The average molecular weight is 383 g/mol. The first-order chi connectivity index (χ1) is 14.3. The highest BCUT2D eigenvalue weighted by molar-refractivity contribution is 5.68. The van der Waals surface area contributed by atoms with E-state index in [9.17, 15) is 0 Å². The second kappa shape index (κ2) is 7.67. The number of hydrogen-bond acceptors (Lipinski definition) is 3. The smallest absolute Gasteiger partial charge is 0.143 e. The summed E-state index contributed by atoms with van der Waals surface area (Å²) in [6.07, 6.45) is 5.73. The molecule has 0 saturated heterocycles. The fourth-order valence-electron chi connectivity index (χ4n) is 4.68. The summed E-state index contributed by atoms with van der Waals surface area (Å²) < 4.78 is 11.9. The predicted molar refractivity (Wildman–Crippen MR) is 117 cm³/mol. The molecule has 1 aliphatic carbocycles. The van der Waals surface area contributed by atoms with Crippen molar-refractivity contribution in [2.24, 2.45) is 5.92 Å². The van der Waals surface area contributed by atoms with E-state index in [1.165, 1.54) is 16.7 Å². The van der Waals surface area contributed by atoms with Crippen LogP contribution in [0.2, 0.25) is 0 Å². The van der Waals surface area contributed by atoms with E-state index in [-0.39, 0.29) is 6.04 Å². The van der Waals surface area contributed by atoms with Gasteiger partial charge in [0.25, 0.3) is 0 Å². The van der Waals surface area contributed by atoms with Gasteiger partial charge in [0.2, 0.25) is 0 Å². The minimum absolute atomic E-state index is 0.181. The number of anilines is 1. The molecule has 146 valence electrons. The topological polar surface area (TPSA) is 30.5 Å². The van der Waals surface area contributed by atoms with Crippen molar-refractivity contribution in [1.29, 1.82) is 0 Å². The molecule has 0 amide bonds. The molecule has 0 saturated carbocycles. The number of rotatable bonds is 5. The van der Waals surface area contributed by atoms with Gasteiger partial charge in [-0.15, -0.1) is 0 Å². The highest BCUT2D eigenvalue weighted by Crippen LogP contribution is 2.53. The molecule has 3 aromatic carbocycles. The third kappa shape index (κ3) is 3.27. The van der Waals surface area contributed by atoms with Crippen LogP contribution < -0.4 is 14.8 Å². The van der Waals surface area contributed by atoms with Gasteiger partial charge >= 0.3 is 0 Å². The normalized spacial score (nSPS) is 21.8. The minimum Gasteiger partial charge on any atom is -0.496 e. The van der Waals surface area contributed by atoms with Crippen molar-refractivity contribution in [2.75, 3.05) is 12.4 Å². The third-order valence-electron chi connectivity index (χ3n) is 6.07. The van der Waals surface area contributed by atoms with Crippen molar-refractivity contribution in [2.45, 2.75) is 25.0 Å². The van der Waals surface area contributed by atoms with Gasteiger partial charge in [0.05, 0.1) is 18.8 Å². The first kappa shape index (κ1) is 17.9. The molecule has 0 aromatic heterocycles. The summed E-state index contributed by atoms with van der Waals surface area (Å²) in [5, 5.41) is 3.82. The Kier molecular flexibility index (Phi) is 4.73. The molecule has 0 bridgehead atoms. The summed E-state index contributed by atoms with van der Waals surface area (Å²) in [6.45, 7) is 0.558. The van der Waals surface area contributed by atoms with Crippen LogP contribution >= 0.6 is 0 Å². The highest BCUT2D eigenvalue weighted by Gasteiger charge is 2.39. The van der Waals surface area contributed by atoms with E-state index in [4.69, 9.17) is 9.47 Å². The lowest BCUT2D eigenvalue weighted by Crippen LogP contribution is -2.29. The zero-order chi connectivity index (χ0) is 19.6. The fraction of sp³-hybridized carbons (Fsp3) is 0.231. The Morgan fingerprint density at radius 1 is 0.862 bits per heavy atom. The molecule has 0 spiro atoms. The van der Waals surface area contributed by atoms with Gasteiger partial charge in [-0.1, -0.05) is 72.8 Å². The van der Waals surface area contributed by atoms with Gasteiger partial charge in [-0.25, -0.2) is 0 Å². The average Bonchev–Trinajstić information content (AvgIpc) is 3.28. The zero-order valence-corrected chi connectivity index (χ0v) is 16.5. The second-order valence-corrected chi connectivity index (χ2v) is 7.71. The highest BCUT2D eigenvalue weighted by atomic mass is 16.5. The maximum Gasteiger partial charge on any atom is 0.143 e. The molecule has 29 heavy (non-hydrogen) atoms. The summed E-state index contributed by atoms with van der Waals surface area (Å²) in [7, 11) is 1.74. The molecule has 0 radical (unpaired) electrons. The molecule has 3 nitrogen and oxygen atoms in total. The number of benzene rings is 3. The molecule has 3 aromatic rings. The van der Waals surface area contributed by atoms with Crippen LogP contribution in [-0.2, 0) is 6.61 Å². The van der Waals surface area contributed by atoms with E-state index in [1.54, 1.807) is 7.11 Å². The Morgan fingerprint density at radius 2 is 1.62 bits per heavy atom. The quantitative estimate of drug-likeness (QED) is 0.540. The summed E-state index contributed by atoms with van der Waals surface area (Å²) in [5.41, 5.74) is 4.80. The van der Waals surface area contributed by atoms with Gasteiger partial charge in [-0.2, -0.15) is 0 Å². The van der Waals surface area contributed by atoms with E-state index in [1.807, 2.05) is 30.3 Å². The summed E-state index contributed by atoms with van der Waals surface area (Å²) >= 11 is 0. The fourth-order valence-corrected chi connectivity index (χ4v) is 4.68. The number of allylic oxidation sites excluding steroid dienone is 2. The number of ether oxygens (including phenoxy) is 2. The Labute approximate surface area is 172 Å². The minimum atomic E-state index is 0.181. The summed E-state index contributed by atoms with van der Waals surface area (Å²) in [4.78, 5) is 0. The van der Waals surface area contributed by atoms with E-state index in [0.717, 1.165) is 23.6 Å². The molecule has 3 unspecified atom stereocenters. The van der Waals surface area contributed by atoms with Crippen LogP contribution in [0, 0.1) is 5.92 Å². The van der Waals surface area contributed by atoms with Crippen molar-refractivity contribution in [3.63, 3.8) is 0 Å². The van der Waals surface area contributed by atoms with Gasteiger partial charge in [0, 0.05) is 11.5 Å². The Morgan fingerprint density at radius 3 is 2.48 bits per heavy atom. The molecular weight excluding hydrogens is 358 g/mol. The van der Waals surface area contributed by atoms with Gasteiger partial charge in [-0.3, -0.25) is 0 Å². The molecule has 1 N–H and O–H groups in total. The van der Waals surface area contributed by atoms with Crippen LogP contribution in [0.3, 0.4) is 0 Å². The van der Waals surface area contributed by atoms with E-state index < -0.39 is 0 Å². The van der Waals surface area contributed by atoms with Crippen molar-refractivity contribution in [3.05, 3.63) is 102 Å². The second-order valence-electron chi connectivity index (χ2n) is 7.71. The van der Waals surface area contributed by atoms with Crippen molar-refractivity contribution >= 4 is 5.69 Å². The molecule has 0 fully saturated rings. The van der Waals surface area contributed by atoms with Crippen molar-refractivity contribution < 1.29 is 9.47 Å². The molecule has 3 heteroatoms. The Bertz CT molecular complexity index is 1030. The molecular formula is C26H25NO2. The van der Waals surface area contributed by atoms with Gasteiger partial charge in [0.15, 0.2) is 0 Å². The number of nitrogens with one attached hydrogen (secondary N) is 1. The molecule has 1 heterocycles. The predicted octanol–water partition coefficient (Wildman–Crippen LogP) is 6.10. The van der Waals surface area contributed by atoms with E-state index in [0.29, 0.717) is 18.4 Å². The maximum atomic E-state index is 6.26. The van der Waals surface area contributed by atoms with E-state index in [2.05, 4.69) is 59.9 Å². The SMILES string of the molecule is COc1ccccc1C1Nc2c(OCc3ccccc3)cccc2C2C=CCC21. The Hall–Kier alpha value is -3.20. The summed E-state index contributed by atoms with van der Waals surface area (Å²) in [6, 6.07) is 25.2. The number of para-hydroxylation sites is 2. The number of fused-ring (bicyclic) bond motifs is 3. The lowest BCUT2D eigenvalue weighted by molar-refractivity contribution is 0.304. The van der Waals surface area contributed by atoms with Crippen LogP contribution in [0.5, 0.6) is 11.5 Å². The molecule has 5 rings (SSSR count). The third-order valence-corrected chi connectivity index (χ3v) is 6.07. The van der Waals surface area contributed by atoms with Crippen LogP contribution in [0.1, 0.15) is 35.1 Å². The molecule has 3 atom stereocenters. The zero-order valence-electron chi connectivity index (χ0n) is 16.5. The Balaban J connectivity index is 1.51. The lowest BCUT2D eigenvalue weighted by Gasteiger charge is -2.38. The number of hydrogen-bond donors (Lipinski definition) is 1. The maximum absolute atomic E-state index is 6.26. The molecule has 2 aliphatic rings. The van der Waals surface area contributed by atoms with Crippen LogP contribution in [0.25, 0.3) is 0 Å². The van der Waals surface area contributed by atoms with Gasteiger partial charge < -0.3 is 14.8 Å². The van der Waals surface area contributed by atoms with Crippen LogP contribution in [0.4, 0.5) is 5.69 Å². The molecule has 1 aliphatic heterocycles. The monoisotopic (exact) mass is 383 g/mol. The van der Waals surface area contributed by atoms with Crippen LogP contribution in [-0.4, -0.2) is 7.11 Å². The first-order valence-corrected chi connectivity index (χ1v) is 10.2. The van der Waals surface area contributed by atoms with E-state index >= 15 is 0 Å². The largest absolute Gasteiger partial charge is 0.496 e. The van der Waals surface area contributed by atoms with Gasteiger partial charge in [-0.05, 0) is 35.6 Å². The van der Waals surface area contributed by atoms with Gasteiger partial charge in [0.1, 0.15) is 18.1 Å². The lowest BCUT2D eigenvalue weighted by atomic mass is 9.76. The van der Waals surface area contributed by atoms with Crippen LogP contribution in [0.15, 0.2) is 84.9 Å². The number of methoxy groups -OCH3 is 1. The van der Waals surface area contributed by atoms with Crippen molar-refractivity contribution in [3.8, 4) is 11.5 Å². The summed E-state index contributed by atoms with van der Waals surface area (Å²) in [5.74, 6) is 2.70. The van der Waals surface area contributed by atoms with Crippen molar-refractivity contribution in [1.82, 2.24) is 0 Å². The first-order valence-electron chi connectivity index (χ1n) is 10.2. The standard InChI is InChI=1S/C26H25NO2/c1-28-23-15-6-5-11-22(23)25-20-13-7-12-19(20)21-14-8-16-24(26(21)27-25)29-17-18-9-3-2-4-10-18/h2-12,14-16,19-20,25,27H,13,17H2,1H3.